The van der Waals surface area contributed by atoms with Crippen LogP contribution in [0.2, 0.25) is 5.02 Å². The highest BCUT2D eigenvalue weighted by atomic mass is 35.5. The van der Waals surface area contributed by atoms with Crippen LogP contribution >= 0.6 is 11.6 Å². The molecule has 29 heavy (non-hydrogen) atoms. The molecule has 0 aliphatic carbocycles. The summed E-state index contributed by atoms with van der Waals surface area (Å²) in [7, 11) is -4.37. The van der Waals surface area contributed by atoms with Gasteiger partial charge in [0.1, 0.15) is 0 Å². The fraction of sp³-hybridized carbons (Fsp3) is 0.500. The Morgan fingerprint density at radius 3 is 2.31 bits per heavy atom. The van der Waals surface area contributed by atoms with E-state index in [4.69, 9.17) is 16.3 Å². The first-order valence-corrected chi connectivity index (χ1v) is 10.4. The van der Waals surface area contributed by atoms with E-state index in [9.17, 15) is 31.2 Å². The van der Waals surface area contributed by atoms with Crippen LogP contribution in [0.3, 0.4) is 0 Å². The predicted molar refractivity (Wildman–Crippen MR) is 96.8 cm³/mol. The summed E-state index contributed by atoms with van der Waals surface area (Å²) in [5.41, 5.74) is -1.29. The zero-order valence-corrected chi connectivity index (χ0v) is 16.9. The van der Waals surface area contributed by atoms with E-state index in [0.29, 0.717) is 6.07 Å². The normalized spacial score (nSPS) is 15.3. The van der Waals surface area contributed by atoms with Crippen molar-refractivity contribution in [3.63, 3.8) is 0 Å². The largest absolute Gasteiger partial charge is 0.450 e. The van der Waals surface area contributed by atoms with Gasteiger partial charge in [-0.15, -0.1) is 0 Å². The smallest absolute Gasteiger partial charge is 0.417 e. The SMILES string of the molecule is CCOC(=O)N1CCN(C(=O)CNS(=O)(=O)c2ccc(Cl)c(C(F)(F)F)c2)CC1. The molecule has 1 heterocycles. The lowest BCUT2D eigenvalue weighted by molar-refractivity contribution is -0.137. The zero-order chi connectivity index (χ0) is 21.8. The average molecular weight is 458 g/mol. The number of sulfonamides is 1. The molecule has 2 amide bonds. The highest BCUT2D eigenvalue weighted by Gasteiger charge is 2.34. The van der Waals surface area contributed by atoms with Crippen LogP contribution in [0.5, 0.6) is 0 Å². The Labute approximate surface area is 170 Å². The predicted octanol–water partition coefficient (Wildman–Crippen LogP) is 1.94. The molecule has 1 aromatic rings. The number of ether oxygens (including phenoxy) is 1. The first-order valence-electron chi connectivity index (χ1n) is 8.51. The Bertz CT molecular complexity index is 871. The van der Waals surface area contributed by atoms with Gasteiger partial charge < -0.3 is 14.5 Å². The molecule has 0 atom stereocenters. The van der Waals surface area contributed by atoms with Crippen LogP contribution in [0, 0.1) is 0 Å². The minimum absolute atomic E-state index is 0.179. The van der Waals surface area contributed by atoms with Crippen molar-refractivity contribution in [2.75, 3.05) is 39.3 Å². The number of nitrogens with zero attached hydrogens (tertiary/aromatic N) is 2. The van der Waals surface area contributed by atoms with Crippen LogP contribution in [0.1, 0.15) is 12.5 Å². The number of carbonyl (C=O) groups excluding carboxylic acids is 2. The lowest BCUT2D eigenvalue weighted by Crippen LogP contribution is -2.52. The van der Waals surface area contributed by atoms with E-state index in [1.165, 1.54) is 9.80 Å². The number of nitrogens with one attached hydrogen (secondary N) is 1. The third kappa shape index (κ3) is 5.97. The van der Waals surface area contributed by atoms with Crippen molar-refractivity contribution in [2.45, 2.75) is 18.0 Å². The Morgan fingerprint density at radius 1 is 1.17 bits per heavy atom. The summed E-state index contributed by atoms with van der Waals surface area (Å²) in [6.07, 6.45) is -5.32. The number of benzene rings is 1. The van der Waals surface area contributed by atoms with Gasteiger partial charge in [-0.3, -0.25) is 4.79 Å². The third-order valence-electron chi connectivity index (χ3n) is 4.13. The van der Waals surface area contributed by atoms with Gasteiger partial charge in [-0.1, -0.05) is 11.6 Å². The summed E-state index contributed by atoms with van der Waals surface area (Å²) in [5.74, 6) is -0.568. The van der Waals surface area contributed by atoms with E-state index in [1.807, 2.05) is 4.72 Å². The maximum absolute atomic E-state index is 12.9. The van der Waals surface area contributed by atoms with Crippen LogP contribution in [-0.2, 0) is 25.7 Å². The summed E-state index contributed by atoms with van der Waals surface area (Å²) in [5, 5.41) is -0.632. The molecule has 0 unspecified atom stereocenters. The monoisotopic (exact) mass is 457 g/mol. The molecule has 13 heteroatoms. The number of alkyl halides is 3. The zero-order valence-electron chi connectivity index (χ0n) is 15.3. The van der Waals surface area contributed by atoms with Gasteiger partial charge in [0.15, 0.2) is 0 Å². The number of piperazine rings is 1. The van der Waals surface area contributed by atoms with Crippen LogP contribution < -0.4 is 4.72 Å². The molecule has 1 saturated heterocycles. The summed E-state index contributed by atoms with van der Waals surface area (Å²) < 4.78 is 70.1. The van der Waals surface area contributed by atoms with E-state index < -0.39 is 50.2 Å². The summed E-state index contributed by atoms with van der Waals surface area (Å²) in [6.45, 7) is 2.07. The highest BCUT2D eigenvalue weighted by molar-refractivity contribution is 7.89. The van der Waals surface area contributed by atoms with Crippen molar-refractivity contribution >= 4 is 33.6 Å². The van der Waals surface area contributed by atoms with Crippen LogP contribution in [0.4, 0.5) is 18.0 Å². The molecule has 2 rings (SSSR count). The van der Waals surface area contributed by atoms with E-state index in [2.05, 4.69) is 0 Å². The van der Waals surface area contributed by atoms with Crippen molar-refractivity contribution < 1.29 is 35.9 Å². The first kappa shape index (κ1) is 23.2. The lowest BCUT2D eigenvalue weighted by atomic mass is 10.2. The Balaban J connectivity index is 1.97. The molecule has 1 aliphatic rings. The first-order chi connectivity index (χ1) is 13.5. The molecular weight excluding hydrogens is 439 g/mol. The number of rotatable bonds is 5. The molecular formula is C16H19ClF3N3O5S. The average Bonchev–Trinajstić information content (AvgIpc) is 2.65. The maximum atomic E-state index is 12.9. The Kier molecular flexibility index (Phi) is 7.35. The van der Waals surface area contributed by atoms with Gasteiger partial charge in [0, 0.05) is 26.2 Å². The van der Waals surface area contributed by atoms with Crippen molar-refractivity contribution in [3.05, 3.63) is 28.8 Å². The quantitative estimate of drug-likeness (QED) is 0.729. The summed E-state index contributed by atoms with van der Waals surface area (Å²) >= 11 is 5.48. The second-order valence-electron chi connectivity index (χ2n) is 6.03. The van der Waals surface area contributed by atoms with Gasteiger partial charge in [-0.2, -0.15) is 13.2 Å². The van der Waals surface area contributed by atoms with E-state index in [-0.39, 0.29) is 32.8 Å². The molecule has 0 radical (unpaired) electrons. The fourth-order valence-electron chi connectivity index (χ4n) is 2.59. The van der Waals surface area contributed by atoms with Crippen LogP contribution in [-0.4, -0.2) is 69.5 Å². The maximum Gasteiger partial charge on any atom is 0.417 e. The molecule has 0 saturated carbocycles. The lowest BCUT2D eigenvalue weighted by Gasteiger charge is -2.34. The van der Waals surface area contributed by atoms with Crippen molar-refractivity contribution in [1.29, 1.82) is 0 Å². The van der Waals surface area contributed by atoms with Crippen molar-refractivity contribution in [2.24, 2.45) is 0 Å². The molecule has 1 N–H and O–H groups in total. The standard InChI is InChI=1S/C16H19ClF3N3O5S/c1-2-28-15(25)23-7-5-22(6-8-23)14(24)10-21-29(26,27)11-3-4-13(17)12(9-11)16(18,19)20/h3-4,9,21H,2,5-8,10H2,1H3. The van der Waals surface area contributed by atoms with Gasteiger partial charge in [-0.05, 0) is 25.1 Å². The van der Waals surface area contributed by atoms with Gasteiger partial charge >= 0.3 is 12.3 Å². The van der Waals surface area contributed by atoms with E-state index in [0.717, 1.165) is 12.1 Å². The number of hydrogen-bond donors (Lipinski definition) is 1. The van der Waals surface area contributed by atoms with Gasteiger partial charge in [0.25, 0.3) is 0 Å². The molecule has 1 fully saturated rings. The number of amides is 2. The molecule has 8 nitrogen and oxygen atoms in total. The topological polar surface area (TPSA) is 96.0 Å². The van der Waals surface area contributed by atoms with E-state index >= 15 is 0 Å². The van der Waals surface area contributed by atoms with Gasteiger partial charge in [0.05, 0.1) is 28.6 Å². The van der Waals surface area contributed by atoms with Gasteiger partial charge in [0.2, 0.25) is 15.9 Å². The highest BCUT2D eigenvalue weighted by Crippen LogP contribution is 2.35. The summed E-state index contributed by atoms with van der Waals surface area (Å²) in [4.78, 5) is 26.0. The molecule has 162 valence electrons. The Hall–Kier alpha value is -2.05. The minimum Gasteiger partial charge on any atom is -0.450 e. The second kappa shape index (κ2) is 9.18. The van der Waals surface area contributed by atoms with Crippen molar-refractivity contribution in [3.8, 4) is 0 Å². The number of hydrogen-bond acceptors (Lipinski definition) is 5. The molecule has 1 aromatic carbocycles. The minimum atomic E-state index is -4.82. The molecule has 0 spiro atoms. The fourth-order valence-corrected chi connectivity index (χ4v) is 3.82. The molecule has 0 bridgehead atoms. The Morgan fingerprint density at radius 2 is 1.76 bits per heavy atom. The van der Waals surface area contributed by atoms with Gasteiger partial charge in [-0.25, -0.2) is 17.9 Å². The van der Waals surface area contributed by atoms with Crippen LogP contribution in [0.15, 0.2) is 23.1 Å². The number of halogens is 4. The second-order valence-corrected chi connectivity index (χ2v) is 8.20. The van der Waals surface area contributed by atoms with Crippen molar-refractivity contribution in [1.82, 2.24) is 14.5 Å². The molecule has 1 aliphatic heterocycles. The van der Waals surface area contributed by atoms with Crippen LogP contribution in [0.25, 0.3) is 0 Å². The third-order valence-corrected chi connectivity index (χ3v) is 5.85. The van der Waals surface area contributed by atoms with E-state index in [1.54, 1.807) is 6.92 Å². The number of carbonyl (C=O) groups is 2. The summed E-state index contributed by atoms with van der Waals surface area (Å²) in [6, 6.07) is 2.16. The molecule has 0 aromatic heterocycles.